The Hall–Kier alpha value is -1.29. The van der Waals surface area contributed by atoms with Crippen LogP contribution in [0.2, 0.25) is 0 Å². The molecule has 0 radical (unpaired) electrons. The zero-order valence-corrected chi connectivity index (χ0v) is 12.4. The lowest BCUT2D eigenvalue weighted by Crippen LogP contribution is -2.32. The number of carboxylic acids is 1. The molecule has 1 heterocycles. The highest BCUT2D eigenvalue weighted by molar-refractivity contribution is 5.88. The second-order valence-corrected chi connectivity index (χ2v) is 5.91. The molecule has 4 heteroatoms. The molecule has 1 aromatic rings. The summed E-state index contributed by atoms with van der Waals surface area (Å²) in [6, 6.07) is 2.08. The summed E-state index contributed by atoms with van der Waals surface area (Å²) in [5.41, 5.74) is 0.268. The molecular weight excluding hydrogens is 254 g/mol. The molecule has 2 N–H and O–H groups in total. The minimum Gasteiger partial charge on any atom is -0.478 e. The summed E-state index contributed by atoms with van der Waals surface area (Å²) in [4.78, 5) is 11.0. The molecule has 1 aromatic heterocycles. The lowest BCUT2D eigenvalue weighted by Gasteiger charge is -2.23. The van der Waals surface area contributed by atoms with Crippen molar-refractivity contribution in [2.45, 2.75) is 65.0 Å². The predicted molar refractivity (Wildman–Crippen MR) is 77.9 cm³/mol. The summed E-state index contributed by atoms with van der Waals surface area (Å²) in [5, 5.41) is 12.5. The van der Waals surface area contributed by atoms with Crippen molar-refractivity contribution in [3.05, 3.63) is 23.2 Å². The number of hydrogen-bond donors (Lipinski definition) is 2. The van der Waals surface area contributed by atoms with Gasteiger partial charge in [-0.05, 0) is 38.7 Å². The Morgan fingerprint density at radius 2 is 2.05 bits per heavy atom. The first-order valence-electron chi connectivity index (χ1n) is 7.64. The van der Waals surface area contributed by atoms with Crippen LogP contribution in [0.15, 0.2) is 10.5 Å². The number of furan rings is 1. The Morgan fingerprint density at radius 3 is 2.60 bits per heavy atom. The molecule has 0 saturated heterocycles. The van der Waals surface area contributed by atoms with E-state index >= 15 is 0 Å². The van der Waals surface area contributed by atoms with Crippen molar-refractivity contribution in [2.75, 3.05) is 0 Å². The molecule has 0 bridgehead atoms. The van der Waals surface area contributed by atoms with Crippen LogP contribution in [0.1, 0.15) is 67.3 Å². The summed E-state index contributed by atoms with van der Waals surface area (Å²) in [6.07, 6.45) is 7.99. The molecule has 0 aliphatic heterocycles. The fourth-order valence-corrected chi connectivity index (χ4v) is 3.08. The van der Waals surface area contributed by atoms with Gasteiger partial charge < -0.3 is 14.8 Å². The Bertz CT molecular complexity index is 445. The van der Waals surface area contributed by atoms with Crippen LogP contribution >= 0.6 is 0 Å². The Kier molecular flexibility index (Phi) is 5.24. The van der Waals surface area contributed by atoms with Crippen LogP contribution in [-0.2, 0) is 6.54 Å². The van der Waals surface area contributed by atoms with E-state index in [9.17, 15) is 4.79 Å². The zero-order chi connectivity index (χ0) is 14.5. The minimum atomic E-state index is -0.922. The average molecular weight is 279 g/mol. The third-order valence-electron chi connectivity index (χ3n) is 4.40. The SMILES string of the molecule is Cc1oc(CN[C@@H](C)C2CCCCCC2)cc1C(=O)O. The summed E-state index contributed by atoms with van der Waals surface area (Å²) in [6.45, 7) is 4.53. The number of carbonyl (C=O) groups is 1. The van der Waals surface area contributed by atoms with Gasteiger partial charge in [0.25, 0.3) is 0 Å². The van der Waals surface area contributed by atoms with Gasteiger partial charge in [-0.1, -0.05) is 25.7 Å². The molecule has 1 aliphatic carbocycles. The topological polar surface area (TPSA) is 62.5 Å². The number of nitrogens with one attached hydrogen (secondary N) is 1. The normalized spacial score (nSPS) is 18.7. The lowest BCUT2D eigenvalue weighted by molar-refractivity contribution is 0.0695. The molecule has 0 unspecified atom stereocenters. The molecule has 1 saturated carbocycles. The fraction of sp³-hybridized carbons (Fsp3) is 0.688. The quantitative estimate of drug-likeness (QED) is 0.806. The van der Waals surface area contributed by atoms with E-state index in [1.165, 1.54) is 38.5 Å². The first-order valence-corrected chi connectivity index (χ1v) is 7.64. The Balaban J connectivity index is 1.87. The summed E-state index contributed by atoms with van der Waals surface area (Å²) >= 11 is 0. The lowest BCUT2D eigenvalue weighted by atomic mass is 9.93. The van der Waals surface area contributed by atoms with Gasteiger partial charge in [0.15, 0.2) is 0 Å². The molecule has 1 aliphatic rings. The number of aromatic carboxylic acids is 1. The van der Waals surface area contributed by atoms with E-state index in [0.29, 0.717) is 24.1 Å². The molecule has 4 nitrogen and oxygen atoms in total. The van der Waals surface area contributed by atoms with Crippen LogP contribution in [0.3, 0.4) is 0 Å². The maximum absolute atomic E-state index is 11.0. The number of carboxylic acid groups (broad SMARTS) is 1. The summed E-state index contributed by atoms with van der Waals surface area (Å²) in [7, 11) is 0. The van der Waals surface area contributed by atoms with Crippen molar-refractivity contribution in [3.63, 3.8) is 0 Å². The monoisotopic (exact) mass is 279 g/mol. The van der Waals surface area contributed by atoms with Gasteiger partial charge in [0.1, 0.15) is 17.1 Å². The molecule has 0 spiro atoms. The van der Waals surface area contributed by atoms with Gasteiger partial charge in [-0.2, -0.15) is 0 Å². The van der Waals surface area contributed by atoms with Crippen LogP contribution in [0, 0.1) is 12.8 Å². The van der Waals surface area contributed by atoms with E-state index in [1.807, 2.05) is 0 Å². The third kappa shape index (κ3) is 3.85. The van der Waals surface area contributed by atoms with E-state index in [4.69, 9.17) is 9.52 Å². The van der Waals surface area contributed by atoms with Crippen molar-refractivity contribution in [1.29, 1.82) is 0 Å². The average Bonchev–Trinajstić information content (AvgIpc) is 2.64. The van der Waals surface area contributed by atoms with E-state index < -0.39 is 5.97 Å². The van der Waals surface area contributed by atoms with Gasteiger partial charge in [0, 0.05) is 6.04 Å². The van der Waals surface area contributed by atoms with Crippen LogP contribution in [0.4, 0.5) is 0 Å². The van der Waals surface area contributed by atoms with Gasteiger partial charge in [0.2, 0.25) is 0 Å². The molecule has 20 heavy (non-hydrogen) atoms. The van der Waals surface area contributed by atoms with E-state index in [-0.39, 0.29) is 5.56 Å². The van der Waals surface area contributed by atoms with Crippen molar-refractivity contribution < 1.29 is 14.3 Å². The zero-order valence-electron chi connectivity index (χ0n) is 12.4. The van der Waals surface area contributed by atoms with Gasteiger partial charge in [-0.3, -0.25) is 0 Å². The standard InChI is InChI=1S/C16H25NO3/c1-11(13-7-5-3-4-6-8-13)17-10-14-9-15(16(18)19)12(2)20-14/h9,11,13,17H,3-8,10H2,1-2H3,(H,18,19)/t11-/m0/s1. The molecule has 1 fully saturated rings. The Morgan fingerprint density at radius 1 is 1.40 bits per heavy atom. The van der Waals surface area contributed by atoms with Crippen molar-refractivity contribution in [2.24, 2.45) is 5.92 Å². The van der Waals surface area contributed by atoms with Gasteiger partial charge in [-0.25, -0.2) is 4.79 Å². The van der Waals surface area contributed by atoms with E-state index in [2.05, 4.69) is 12.2 Å². The molecular formula is C16H25NO3. The number of rotatable bonds is 5. The highest BCUT2D eigenvalue weighted by Crippen LogP contribution is 2.25. The summed E-state index contributed by atoms with van der Waals surface area (Å²) < 4.78 is 5.50. The predicted octanol–water partition coefficient (Wildman–Crippen LogP) is 3.73. The van der Waals surface area contributed by atoms with Gasteiger partial charge in [-0.15, -0.1) is 0 Å². The molecule has 112 valence electrons. The summed E-state index contributed by atoms with van der Waals surface area (Å²) in [5.74, 6) is 0.999. The maximum Gasteiger partial charge on any atom is 0.339 e. The van der Waals surface area contributed by atoms with Crippen molar-refractivity contribution in [3.8, 4) is 0 Å². The van der Waals surface area contributed by atoms with Crippen molar-refractivity contribution in [1.82, 2.24) is 5.32 Å². The fourth-order valence-electron chi connectivity index (χ4n) is 3.08. The second kappa shape index (κ2) is 6.93. The molecule has 2 rings (SSSR count). The highest BCUT2D eigenvalue weighted by Gasteiger charge is 2.19. The smallest absolute Gasteiger partial charge is 0.339 e. The molecule has 0 amide bonds. The van der Waals surface area contributed by atoms with Gasteiger partial charge in [0.05, 0.1) is 6.54 Å². The minimum absolute atomic E-state index is 0.268. The molecule has 1 atom stereocenters. The Labute approximate surface area is 120 Å². The van der Waals surface area contributed by atoms with E-state index in [1.54, 1.807) is 13.0 Å². The first kappa shape index (κ1) is 15.1. The van der Waals surface area contributed by atoms with Crippen LogP contribution < -0.4 is 5.32 Å². The third-order valence-corrected chi connectivity index (χ3v) is 4.40. The number of hydrogen-bond acceptors (Lipinski definition) is 3. The van der Waals surface area contributed by atoms with Crippen LogP contribution in [-0.4, -0.2) is 17.1 Å². The second-order valence-electron chi connectivity index (χ2n) is 5.91. The largest absolute Gasteiger partial charge is 0.478 e. The number of aryl methyl sites for hydroxylation is 1. The van der Waals surface area contributed by atoms with Crippen LogP contribution in [0.5, 0.6) is 0 Å². The highest BCUT2D eigenvalue weighted by atomic mass is 16.4. The van der Waals surface area contributed by atoms with Gasteiger partial charge >= 0.3 is 5.97 Å². The first-order chi connectivity index (χ1) is 9.58. The van der Waals surface area contributed by atoms with E-state index in [0.717, 1.165) is 5.92 Å². The van der Waals surface area contributed by atoms with Crippen molar-refractivity contribution >= 4 is 5.97 Å². The maximum atomic E-state index is 11.0. The molecule has 0 aromatic carbocycles. The van der Waals surface area contributed by atoms with Crippen LogP contribution in [0.25, 0.3) is 0 Å².